The third kappa shape index (κ3) is 10.6. The Bertz CT molecular complexity index is 894. The molecule has 14 heteroatoms. The van der Waals surface area contributed by atoms with E-state index < -0.39 is 29.3 Å². The quantitative estimate of drug-likeness (QED) is 0.237. The van der Waals surface area contributed by atoms with Crippen molar-refractivity contribution in [3.63, 3.8) is 0 Å². The van der Waals surface area contributed by atoms with Gasteiger partial charge in [-0.3, -0.25) is 19.6 Å². The Morgan fingerprint density at radius 3 is 2.19 bits per heavy atom. The SMILES string of the molecule is CC(O)C(=O)O.NCC(=O)O.O=c1[nH]c(=O)c2[nH]cnc2[nH]1.c1c[nH]cn1. The number of fused-ring (bicyclic) bond motifs is 1. The van der Waals surface area contributed by atoms with Gasteiger partial charge in [-0.1, -0.05) is 0 Å². The van der Waals surface area contributed by atoms with E-state index in [9.17, 15) is 19.2 Å². The summed E-state index contributed by atoms with van der Waals surface area (Å²) in [7, 11) is 0. The number of aromatic amines is 4. The predicted molar refractivity (Wildman–Crippen MR) is 91.9 cm³/mol. The molecule has 0 aliphatic carbocycles. The molecule has 9 N–H and O–H groups in total. The Labute approximate surface area is 150 Å². The molecule has 3 rings (SSSR count). The van der Waals surface area contributed by atoms with Gasteiger partial charge >= 0.3 is 17.6 Å². The lowest BCUT2D eigenvalue weighted by Crippen LogP contribution is -2.21. The van der Waals surface area contributed by atoms with Crippen LogP contribution in [0.3, 0.4) is 0 Å². The molecule has 0 fully saturated rings. The Kier molecular flexibility index (Phi) is 10.8. The lowest BCUT2D eigenvalue weighted by atomic mass is 10.4. The third-order valence-electron chi connectivity index (χ3n) is 2.26. The summed E-state index contributed by atoms with van der Waals surface area (Å²) in [4.78, 5) is 57.4. The molecule has 0 aliphatic rings. The molecule has 1 atom stereocenters. The van der Waals surface area contributed by atoms with Crippen LogP contribution in [0.1, 0.15) is 6.92 Å². The first kappa shape index (κ1) is 23.2. The van der Waals surface area contributed by atoms with E-state index in [1.807, 2.05) is 0 Å². The summed E-state index contributed by atoms with van der Waals surface area (Å²) in [5, 5.41) is 23.4. The monoisotopic (exact) mass is 385 g/mol. The van der Waals surface area contributed by atoms with Crippen LogP contribution in [0.25, 0.3) is 11.2 Å². The van der Waals surface area contributed by atoms with Crippen molar-refractivity contribution in [3.05, 3.63) is 45.9 Å². The first-order valence-corrected chi connectivity index (χ1v) is 7.10. The zero-order valence-corrected chi connectivity index (χ0v) is 14.0. The number of nitrogens with zero attached hydrogens (tertiary/aromatic N) is 2. The van der Waals surface area contributed by atoms with E-state index in [2.05, 4.69) is 35.6 Å². The van der Waals surface area contributed by atoms with Crippen molar-refractivity contribution in [1.82, 2.24) is 29.9 Å². The van der Waals surface area contributed by atoms with Crippen molar-refractivity contribution in [2.24, 2.45) is 5.73 Å². The number of H-pyrrole nitrogens is 4. The maximum Gasteiger partial charge on any atom is 0.332 e. The van der Waals surface area contributed by atoms with Gasteiger partial charge in [-0.05, 0) is 6.92 Å². The van der Waals surface area contributed by atoms with Crippen LogP contribution >= 0.6 is 0 Å². The second-order valence-corrected chi connectivity index (χ2v) is 4.41. The number of nitrogens with two attached hydrogens (primary N) is 1. The number of imidazole rings is 2. The van der Waals surface area contributed by atoms with Gasteiger partial charge in [-0.15, -0.1) is 0 Å². The molecule has 0 bridgehead atoms. The van der Waals surface area contributed by atoms with Gasteiger partial charge in [0.1, 0.15) is 11.6 Å². The smallest absolute Gasteiger partial charge is 0.332 e. The number of aliphatic hydroxyl groups is 1. The summed E-state index contributed by atoms with van der Waals surface area (Å²) in [6.07, 6.45) is 5.19. The van der Waals surface area contributed by atoms with Crippen LogP contribution in [0.2, 0.25) is 0 Å². The van der Waals surface area contributed by atoms with Crippen molar-refractivity contribution in [2.45, 2.75) is 13.0 Å². The Morgan fingerprint density at radius 2 is 1.81 bits per heavy atom. The number of hydrogen-bond donors (Lipinski definition) is 8. The van der Waals surface area contributed by atoms with Crippen LogP contribution < -0.4 is 17.0 Å². The van der Waals surface area contributed by atoms with Crippen LogP contribution in [-0.4, -0.2) is 69.8 Å². The highest BCUT2D eigenvalue weighted by Gasteiger charge is 2.01. The van der Waals surface area contributed by atoms with Gasteiger partial charge in [0.25, 0.3) is 5.56 Å². The molecule has 14 nitrogen and oxygen atoms in total. The third-order valence-corrected chi connectivity index (χ3v) is 2.26. The largest absolute Gasteiger partial charge is 0.480 e. The van der Waals surface area contributed by atoms with E-state index in [-0.39, 0.29) is 17.7 Å². The summed E-state index contributed by atoms with van der Waals surface area (Å²) in [6.45, 7) is 0.919. The number of aromatic nitrogens is 6. The van der Waals surface area contributed by atoms with Crippen LogP contribution in [-0.2, 0) is 9.59 Å². The topological polar surface area (TPSA) is 244 Å². The molecule has 3 aromatic rings. The molecule has 1 unspecified atom stereocenters. The molecule has 3 heterocycles. The second-order valence-electron chi connectivity index (χ2n) is 4.41. The van der Waals surface area contributed by atoms with Crippen molar-refractivity contribution < 1.29 is 24.9 Å². The molecule has 0 aromatic carbocycles. The first-order valence-electron chi connectivity index (χ1n) is 7.10. The Hall–Kier alpha value is -3.78. The molecule has 3 aromatic heterocycles. The molecule has 0 spiro atoms. The summed E-state index contributed by atoms with van der Waals surface area (Å²) in [5.41, 5.74) is 4.13. The lowest BCUT2D eigenvalue weighted by Gasteiger charge is -1.89. The molecule has 0 radical (unpaired) electrons. The van der Waals surface area contributed by atoms with Crippen LogP contribution in [0.4, 0.5) is 0 Å². The molecule has 27 heavy (non-hydrogen) atoms. The van der Waals surface area contributed by atoms with E-state index in [4.69, 9.17) is 15.3 Å². The highest BCUT2D eigenvalue weighted by Crippen LogP contribution is 1.92. The van der Waals surface area contributed by atoms with E-state index in [0.29, 0.717) is 0 Å². The number of aliphatic carboxylic acids is 2. The van der Waals surface area contributed by atoms with Crippen LogP contribution in [0.15, 0.2) is 34.6 Å². The van der Waals surface area contributed by atoms with Crippen molar-refractivity contribution >= 4 is 23.1 Å². The minimum absolute atomic E-state index is 0.277. The average molecular weight is 385 g/mol. The van der Waals surface area contributed by atoms with E-state index >= 15 is 0 Å². The van der Waals surface area contributed by atoms with Gasteiger partial charge in [-0.25, -0.2) is 19.6 Å². The molecule has 0 aliphatic heterocycles. The number of carboxylic acids is 2. The summed E-state index contributed by atoms with van der Waals surface area (Å²) in [6, 6.07) is 0. The van der Waals surface area contributed by atoms with Crippen LogP contribution in [0, 0.1) is 0 Å². The highest BCUT2D eigenvalue weighted by molar-refractivity contribution is 5.71. The number of rotatable bonds is 2. The van der Waals surface area contributed by atoms with Gasteiger partial charge in [-0.2, -0.15) is 0 Å². The Balaban J connectivity index is 0.000000363. The zero-order chi connectivity index (χ0) is 20.8. The number of carboxylic acid groups (broad SMARTS) is 2. The summed E-state index contributed by atoms with van der Waals surface area (Å²) in [5.74, 6) is -2.15. The van der Waals surface area contributed by atoms with Gasteiger partial charge in [0.2, 0.25) is 0 Å². The fraction of sp³-hybridized carbons (Fsp3) is 0.231. The fourth-order valence-corrected chi connectivity index (χ4v) is 1.08. The highest BCUT2D eigenvalue weighted by atomic mass is 16.4. The zero-order valence-electron chi connectivity index (χ0n) is 14.0. The molecule has 0 saturated heterocycles. The lowest BCUT2D eigenvalue weighted by molar-refractivity contribution is -0.145. The molecule has 0 saturated carbocycles. The number of carbonyl (C=O) groups is 2. The number of hydrogen-bond acceptors (Lipinski definition) is 8. The van der Waals surface area contributed by atoms with E-state index in [1.54, 1.807) is 18.7 Å². The van der Waals surface area contributed by atoms with Crippen molar-refractivity contribution in [3.8, 4) is 0 Å². The molecular formula is C13H19N7O7. The second kappa shape index (κ2) is 12.6. The summed E-state index contributed by atoms with van der Waals surface area (Å²) < 4.78 is 0. The van der Waals surface area contributed by atoms with Gasteiger partial charge in [0.15, 0.2) is 5.65 Å². The maximum atomic E-state index is 10.9. The standard InChI is InChI=1S/C5H4N4O2.C3H4N2.C3H6O3.C2H5NO2/c10-4-2-3(7-1-6-2)8-5(11)9-4;1-2-5-3-4-1;1-2(4)3(5)6;3-1-2(4)5/h1H,(H3,6,7,8,9,10,11);1-3H,(H,4,5);2,4H,1H3,(H,5,6);1,3H2,(H,4,5). The minimum Gasteiger partial charge on any atom is -0.480 e. The maximum absolute atomic E-state index is 10.9. The van der Waals surface area contributed by atoms with E-state index in [0.717, 1.165) is 0 Å². The van der Waals surface area contributed by atoms with E-state index in [1.165, 1.54) is 13.3 Å². The van der Waals surface area contributed by atoms with Crippen molar-refractivity contribution in [1.29, 1.82) is 0 Å². The normalized spacial score (nSPS) is 10.2. The number of aliphatic hydroxyl groups excluding tert-OH is 1. The average Bonchev–Trinajstić information content (AvgIpc) is 3.30. The van der Waals surface area contributed by atoms with Crippen LogP contribution in [0.5, 0.6) is 0 Å². The summed E-state index contributed by atoms with van der Waals surface area (Å²) >= 11 is 0. The van der Waals surface area contributed by atoms with Gasteiger partial charge in [0.05, 0.1) is 19.2 Å². The molecule has 0 amide bonds. The number of nitrogens with one attached hydrogen (secondary N) is 4. The van der Waals surface area contributed by atoms with Crippen molar-refractivity contribution in [2.75, 3.05) is 6.54 Å². The predicted octanol–water partition coefficient (Wildman–Crippen LogP) is -2.17. The Morgan fingerprint density at radius 1 is 1.22 bits per heavy atom. The minimum atomic E-state index is -1.23. The van der Waals surface area contributed by atoms with Gasteiger partial charge in [0, 0.05) is 12.4 Å². The molecular weight excluding hydrogens is 366 g/mol. The van der Waals surface area contributed by atoms with Gasteiger partial charge < -0.3 is 31.0 Å². The molecule has 148 valence electrons. The fourth-order valence-electron chi connectivity index (χ4n) is 1.08. The first-order chi connectivity index (χ1) is 12.7.